The van der Waals surface area contributed by atoms with Crippen molar-refractivity contribution in [3.05, 3.63) is 82.6 Å². The van der Waals surface area contributed by atoms with Crippen molar-refractivity contribution in [2.24, 2.45) is 0 Å². The lowest BCUT2D eigenvalue weighted by Gasteiger charge is -2.33. The number of hydrogen-bond donors (Lipinski definition) is 2. The van der Waals surface area contributed by atoms with Gasteiger partial charge in [0.2, 0.25) is 5.91 Å². The molecule has 0 radical (unpaired) electrons. The number of rotatable bonds is 8. The molecule has 3 heterocycles. The molecular formula is C29H34N4O4. The Morgan fingerprint density at radius 1 is 1.16 bits per heavy atom. The minimum Gasteiger partial charge on any atom is -0.376 e. The van der Waals surface area contributed by atoms with E-state index < -0.39 is 12.1 Å². The van der Waals surface area contributed by atoms with Gasteiger partial charge in [-0.25, -0.2) is 4.79 Å². The van der Waals surface area contributed by atoms with E-state index in [2.05, 4.69) is 10.6 Å². The van der Waals surface area contributed by atoms with Gasteiger partial charge in [-0.15, -0.1) is 0 Å². The summed E-state index contributed by atoms with van der Waals surface area (Å²) in [5.41, 5.74) is 4.08. The Bertz CT molecular complexity index is 1210. The van der Waals surface area contributed by atoms with Crippen molar-refractivity contribution < 1.29 is 19.1 Å². The number of carbonyl (C=O) groups is 3. The first kappa shape index (κ1) is 25.0. The topological polar surface area (TPSA) is 91.0 Å². The second-order valence-corrected chi connectivity index (χ2v) is 9.92. The second-order valence-electron chi connectivity index (χ2n) is 9.92. The number of urea groups is 1. The molecule has 0 aromatic heterocycles. The van der Waals surface area contributed by atoms with Crippen LogP contribution < -0.4 is 10.6 Å². The van der Waals surface area contributed by atoms with Crippen LogP contribution in [-0.4, -0.2) is 66.0 Å². The third-order valence-corrected chi connectivity index (χ3v) is 7.42. The highest BCUT2D eigenvalue weighted by atomic mass is 16.5. The number of nitrogens with zero attached hydrogens (tertiary/aromatic N) is 2. The maximum atomic E-state index is 14.1. The van der Waals surface area contributed by atoms with Crippen LogP contribution in [0.4, 0.5) is 4.79 Å². The van der Waals surface area contributed by atoms with Gasteiger partial charge in [0.05, 0.1) is 30.0 Å². The maximum absolute atomic E-state index is 14.1. The molecule has 0 saturated carbocycles. The van der Waals surface area contributed by atoms with E-state index in [1.807, 2.05) is 68.4 Å². The predicted octanol–water partition coefficient (Wildman–Crippen LogP) is 3.08. The Morgan fingerprint density at radius 2 is 1.97 bits per heavy atom. The first-order valence-corrected chi connectivity index (χ1v) is 13.1. The molecular weight excluding hydrogens is 468 g/mol. The lowest BCUT2D eigenvalue weighted by Crippen LogP contribution is -2.51. The van der Waals surface area contributed by atoms with Crippen LogP contribution in [0.3, 0.4) is 0 Å². The molecule has 3 aliphatic heterocycles. The van der Waals surface area contributed by atoms with Gasteiger partial charge in [0.15, 0.2) is 0 Å². The van der Waals surface area contributed by atoms with Crippen molar-refractivity contribution >= 4 is 17.8 Å². The number of aryl methyl sites for hydroxylation is 1. The van der Waals surface area contributed by atoms with Crippen LogP contribution in [0.15, 0.2) is 65.9 Å². The van der Waals surface area contributed by atoms with E-state index in [4.69, 9.17) is 4.74 Å². The highest BCUT2D eigenvalue weighted by molar-refractivity contribution is 6.03. The number of carbonyl (C=O) groups excluding carboxylic acids is 3. The molecule has 3 atom stereocenters. The smallest absolute Gasteiger partial charge is 0.322 e. The summed E-state index contributed by atoms with van der Waals surface area (Å²) in [6, 6.07) is 16.0. The van der Waals surface area contributed by atoms with E-state index in [0.29, 0.717) is 37.4 Å². The second kappa shape index (κ2) is 10.8. The lowest BCUT2D eigenvalue weighted by molar-refractivity contribution is -0.136. The van der Waals surface area contributed by atoms with E-state index in [0.717, 1.165) is 29.5 Å². The molecule has 2 N–H and O–H groups in total. The fourth-order valence-electron chi connectivity index (χ4n) is 5.52. The zero-order valence-electron chi connectivity index (χ0n) is 21.4. The molecule has 2 aromatic rings. The summed E-state index contributed by atoms with van der Waals surface area (Å²) in [7, 11) is 0. The molecule has 8 nitrogen and oxygen atoms in total. The average Bonchev–Trinajstić information content (AvgIpc) is 3.54. The molecule has 1 saturated heterocycles. The summed E-state index contributed by atoms with van der Waals surface area (Å²) in [4.78, 5) is 43.9. The zero-order chi connectivity index (χ0) is 25.9. The standard InChI is InChI=1S/C29H34N4O4/c1-3-32-24-18-33(28(35)25(24)26(31-29(32)36)21-12-7-9-19(2)15-21)23(16-20-10-5-4-6-11-20)27(34)30-17-22-13-8-14-37-22/h4-7,9-12,15,22-23,26H,3,8,13-14,16-18H2,1-2H3,(H,30,34)(H,31,36)/t22-,23-,26-/m1/s1. The summed E-state index contributed by atoms with van der Waals surface area (Å²) in [6.07, 6.45) is 2.29. The Kier molecular flexibility index (Phi) is 7.28. The summed E-state index contributed by atoms with van der Waals surface area (Å²) in [5.74, 6) is -0.421. The summed E-state index contributed by atoms with van der Waals surface area (Å²) >= 11 is 0. The van der Waals surface area contributed by atoms with Gasteiger partial charge in [0.1, 0.15) is 6.04 Å². The molecule has 0 aliphatic carbocycles. The number of ether oxygens (including phenoxy) is 1. The fourth-order valence-corrected chi connectivity index (χ4v) is 5.52. The van der Waals surface area contributed by atoms with Crippen molar-refractivity contribution in [1.29, 1.82) is 0 Å². The molecule has 4 amide bonds. The quantitative estimate of drug-likeness (QED) is 0.581. The number of nitrogens with one attached hydrogen (secondary N) is 2. The molecule has 37 heavy (non-hydrogen) atoms. The molecule has 8 heteroatoms. The minimum atomic E-state index is -0.714. The van der Waals surface area contributed by atoms with E-state index in [-0.39, 0.29) is 30.5 Å². The van der Waals surface area contributed by atoms with Gasteiger partial charge in [-0.05, 0) is 37.8 Å². The monoisotopic (exact) mass is 502 g/mol. The van der Waals surface area contributed by atoms with E-state index in [1.165, 1.54) is 0 Å². The number of hydrogen-bond acceptors (Lipinski definition) is 4. The molecule has 0 spiro atoms. The maximum Gasteiger partial charge on any atom is 0.322 e. The predicted molar refractivity (Wildman–Crippen MR) is 139 cm³/mol. The lowest BCUT2D eigenvalue weighted by atomic mass is 9.94. The Balaban J connectivity index is 1.46. The van der Waals surface area contributed by atoms with Crippen LogP contribution >= 0.6 is 0 Å². The van der Waals surface area contributed by atoms with Crippen molar-refractivity contribution in [2.45, 2.75) is 51.3 Å². The fraction of sp³-hybridized carbons (Fsp3) is 0.414. The van der Waals surface area contributed by atoms with Crippen LogP contribution in [0.25, 0.3) is 0 Å². The van der Waals surface area contributed by atoms with Crippen LogP contribution in [-0.2, 0) is 20.7 Å². The average molecular weight is 503 g/mol. The summed E-state index contributed by atoms with van der Waals surface area (Å²) in [6.45, 7) is 5.65. The molecule has 194 valence electrons. The zero-order valence-corrected chi connectivity index (χ0v) is 21.4. The molecule has 0 bridgehead atoms. The van der Waals surface area contributed by atoms with Crippen LogP contribution in [0.5, 0.6) is 0 Å². The Labute approximate surface area is 217 Å². The van der Waals surface area contributed by atoms with Crippen molar-refractivity contribution in [2.75, 3.05) is 26.2 Å². The van der Waals surface area contributed by atoms with Crippen molar-refractivity contribution in [1.82, 2.24) is 20.4 Å². The van der Waals surface area contributed by atoms with Gasteiger partial charge in [-0.3, -0.25) is 14.5 Å². The molecule has 2 aromatic carbocycles. The highest BCUT2D eigenvalue weighted by Crippen LogP contribution is 2.37. The van der Waals surface area contributed by atoms with Gasteiger partial charge in [0.25, 0.3) is 5.91 Å². The number of benzene rings is 2. The third kappa shape index (κ3) is 5.11. The van der Waals surface area contributed by atoms with Gasteiger partial charge < -0.3 is 20.3 Å². The molecule has 3 aliphatic rings. The first-order chi connectivity index (χ1) is 18.0. The van der Waals surface area contributed by atoms with Crippen LogP contribution in [0.2, 0.25) is 0 Å². The third-order valence-electron chi connectivity index (χ3n) is 7.42. The van der Waals surface area contributed by atoms with Gasteiger partial charge >= 0.3 is 6.03 Å². The molecule has 0 unspecified atom stereocenters. The van der Waals surface area contributed by atoms with Gasteiger partial charge in [-0.1, -0.05) is 60.2 Å². The van der Waals surface area contributed by atoms with E-state index in [9.17, 15) is 14.4 Å². The van der Waals surface area contributed by atoms with Crippen LogP contribution in [0, 0.1) is 6.92 Å². The minimum absolute atomic E-state index is 0.00467. The molecule has 5 rings (SSSR count). The van der Waals surface area contributed by atoms with E-state index >= 15 is 0 Å². The van der Waals surface area contributed by atoms with Gasteiger partial charge in [-0.2, -0.15) is 0 Å². The Hall–Kier alpha value is -3.65. The normalized spacial score (nSPS) is 22.2. The largest absolute Gasteiger partial charge is 0.376 e. The van der Waals surface area contributed by atoms with Crippen LogP contribution in [0.1, 0.15) is 42.5 Å². The Morgan fingerprint density at radius 3 is 2.68 bits per heavy atom. The summed E-state index contributed by atoms with van der Waals surface area (Å²) in [5, 5.41) is 6.06. The SMILES string of the molecule is CCN1C(=O)N[C@H](c2cccc(C)c2)C2=C1CN([C@H](Cc1ccccc1)C(=O)NC[C@H]1CCCO1)C2=O. The number of amides is 4. The van der Waals surface area contributed by atoms with E-state index in [1.54, 1.807) is 9.80 Å². The highest BCUT2D eigenvalue weighted by Gasteiger charge is 2.46. The number of likely N-dealkylation sites (N-methyl/N-ethyl adjacent to an activating group) is 1. The summed E-state index contributed by atoms with van der Waals surface area (Å²) < 4.78 is 5.68. The molecule has 1 fully saturated rings. The van der Waals surface area contributed by atoms with Crippen molar-refractivity contribution in [3.63, 3.8) is 0 Å². The van der Waals surface area contributed by atoms with Crippen molar-refractivity contribution in [3.8, 4) is 0 Å². The first-order valence-electron chi connectivity index (χ1n) is 13.1. The van der Waals surface area contributed by atoms with Gasteiger partial charge in [0, 0.05) is 26.1 Å².